The molecule has 0 fully saturated rings. The maximum absolute atomic E-state index is 2.46. The number of nitrogens with zero attached hydrogens (tertiary/aromatic N) is 1. The van der Waals surface area contributed by atoms with E-state index in [1.807, 2.05) is 11.3 Å². The average Bonchev–Trinajstić information content (AvgIpc) is 4.02. The number of fused-ring (bicyclic) bond motifs is 11. The molecule has 11 aromatic carbocycles. The van der Waals surface area contributed by atoms with Crippen molar-refractivity contribution < 1.29 is 0 Å². The summed E-state index contributed by atoms with van der Waals surface area (Å²) in [5.74, 6) is 0. The minimum Gasteiger partial charge on any atom is -0.310 e. The Bertz CT molecular complexity index is 4150. The summed E-state index contributed by atoms with van der Waals surface area (Å²) in [4.78, 5) is 2.46. The Hall–Kier alpha value is -8.30. The van der Waals surface area contributed by atoms with Crippen molar-refractivity contribution in [3.8, 4) is 66.8 Å². The zero-order valence-corrected chi connectivity index (χ0v) is 41.7. The summed E-state index contributed by atoms with van der Waals surface area (Å²) >= 11 is 1.90. The Balaban J connectivity index is 0.901. The molecule has 0 aliphatic heterocycles. The smallest absolute Gasteiger partial charge is 0.0540 e. The Labute approximate surface area is 426 Å². The van der Waals surface area contributed by atoms with Gasteiger partial charge in [-0.1, -0.05) is 222 Å². The number of thiophene rings is 1. The SMILES string of the molecule is CC1(C)c2ccccc2-c2ccc(-c3ccccc3N(c3ccc(-c4ccccc4-c4cccc5c4C(C)(C)c4ccccc4-5)cc3)c3ccc(-c4cccc5sc6c7ccccc7ccc6c45)cc3)cc21. The standard InChI is InChI=1S/C70H51NS/c1-69(2)61-27-12-9-22-55(61)57-41-36-47(43-63(57)69)51-19-11-14-29-64(51)71(49-39-33-46(34-40-49)52-24-16-30-65-66(52)60-42-35-44-17-5-6-20-53(44)68(60)72-65)48-37-31-45(32-38-48)50-18-7-8-21-54(50)58-25-15-26-59-56-23-10-13-28-62(56)70(3,4)67(58)59/h5-43H,1-4H3. The summed E-state index contributed by atoms with van der Waals surface area (Å²) in [6.45, 7) is 9.50. The lowest BCUT2D eigenvalue weighted by Crippen LogP contribution is -2.16. The molecule has 1 aromatic heterocycles. The van der Waals surface area contributed by atoms with Gasteiger partial charge in [-0.25, -0.2) is 0 Å². The quantitative estimate of drug-likeness (QED) is 0.154. The molecule has 2 heteroatoms. The van der Waals surface area contributed by atoms with Crippen molar-refractivity contribution in [2.75, 3.05) is 4.90 Å². The van der Waals surface area contributed by atoms with E-state index in [1.165, 1.54) is 120 Å². The third-order valence-electron chi connectivity index (χ3n) is 16.1. The highest BCUT2D eigenvalue weighted by molar-refractivity contribution is 7.26. The molecule has 1 heterocycles. The van der Waals surface area contributed by atoms with E-state index in [2.05, 4.69) is 269 Å². The van der Waals surface area contributed by atoms with Gasteiger partial charge in [0.2, 0.25) is 0 Å². The Morgan fingerprint density at radius 3 is 1.58 bits per heavy atom. The van der Waals surface area contributed by atoms with Gasteiger partial charge in [-0.3, -0.25) is 0 Å². The third-order valence-corrected chi connectivity index (χ3v) is 17.3. The van der Waals surface area contributed by atoms with Crippen LogP contribution >= 0.6 is 11.3 Å². The van der Waals surface area contributed by atoms with Gasteiger partial charge in [-0.05, 0) is 137 Å². The Kier molecular flexibility index (Phi) is 9.53. The minimum absolute atomic E-state index is 0.109. The third kappa shape index (κ3) is 6.38. The monoisotopic (exact) mass is 937 g/mol. The van der Waals surface area contributed by atoms with Gasteiger partial charge in [0.05, 0.1) is 5.69 Å². The molecule has 0 unspecified atom stereocenters. The normalized spacial score (nSPS) is 13.8. The maximum atomic E-state index is 2.46. The molecule has 14 rings (SSSR count). The highest BCUT2D eigenvalue weighted by atomic mass is 32.1. The van der Waals surface area contributed by atoms with Crippen LogP contribution in [0.1, 0.15) is 49.9 Å². The predicted octanol–water partition coefficient (Wildman–Crippen LogP) is 20.0. The van der Waals surface area contributed by atoms with Crippen molar-refractivity contribution in [1.29, 1.82) is 0 Å². The summed E-state index contributed by atoms with van der Waals surface area (Å²) in [5, 5.41) is 5.24. The van der Waals surface area contributed by atoms with Gasteiger partial charge in [0.25, 0.3) is 0 Å². The molecule has 2 aliphatic carbocycles. The number of rotatable bonds is 7. The molecule has 1 nitrogen and oxygen atoms in total. The zero-order valence-electron chi connectivity index (χ0n) is 40.9. The van der Waals surface area contributed by atoms with Crippen molar-refractivity contribution in [2.45, 2.75) is 38.5 Å². The first-order valence-electron chi connectivity index (χ1n) is 25.2. The summed E-state index contributed by atoms with van der Waals surface area (Å²) in [6.07, 6.45) is 0. The van der Waals surface area contributed by atoms with E-state index in [1.54, 1.807) is 0 Å². The van der Waals surface area contributed by atoms with E-state index in [-0.39, 0.29) is 10.8 Å². The zero-order chi connectivity index (χ0) is 48.3. The molecule has 0 radical (unpaired) electrons. The van der Waals surface area contributed by atoms with Crippen molar-refractivity contribution in [2.24, 2.45) is 0 Å². The molecular formula is C70H51NS. The van der Waals surface area contributed by atoms with Crippen LogP contribution in [0.15, 0.2) is 237 Å². The summed E-state index contributed by atoms with van der Waals surface area (Å²) < 4.78 is 2.66. The first-order valence-corrected chi connectivity index (χ1v) is 26.1. The highest BCUT2D eigenvalue weighted by Crippen LogP contribution is 2.54. The second-order valence-corrected chi connectivity index (χ2v) is 21.8. The molecule has 0 spiro atoms. The lowest BCUT2D eigenvalue weighted by atomic mass is 9.78. The molecule has 0 saturated heterocycles. The fourth-order valence-electron chi connectivity index (χ4n) is 12.6. The first kappa shape index (κ1) is 42.6. The van der Waals surface area contributed by atoms with Crippen molar-refractivity contribution in [3.63, 3.8) is 0 Å². The molecule has 2 aliphatic rings. The fraction of sp³-hybridized carbons (Fsp3) is 0.0857. The lowest BCUT2D eigenvalue weighted by molar-refractivity contribution is 0.660. The number of anilines is 3. The Morgan fingerprint density at radius 2 is 0.847 bits per heavy atom. The van der Waals surface area contributed by atoms with Crippen LogP contribution in [-0.4, -0.2) is 0 Å². The molecule has 0 amide bonds. The molecule has 12 aromatic rings. The lowest BCUT2D eigenvalue weighted by Gasteiger charge is -2.29. The van der Waals surface area contributed by atoms with Gasteiger partial charge < -0.3 is 4.90 Å². The van der Waals surface area contributed by atoms with Gasteiger partial charge in [0.1, 0.15) is 0 Å². The van der Waals surface area contributed by atoms with E-state index >= 15 is 0 Å². The molecule has 0 saturated carbocycles. The maximum Gasteiger partial charge on any atom is 0.0540 e. The largest absolute Gasteiger partial charge is 0.310 e. The topological polar surface area (TPSA) is 3.24 Å². The minimum atomic E-state index is -0.125. The summed E-state index contributed by atoms with van der Waals surface area (Å²) in [5.41, 5.74) is 23.8. The molecular weight excluding hydrogens is 887 g/mol. The first-order chi connectivity index (χ1) is 35.2. The molecule has 342 valence electrons. The average molecular weight is 938 g/mol. The number of para-hydroxylation sites is 1. The van der Waals surface area contributed by atoms with E-state index in [0.29, 0.717) is 0 Å². The molecule has 0 N–H and O–H groups in total. The van der Waals surface area contributed by atoms with Crippen molar-refractivity contribution >= 4 is 59.3 Å². The van der Waals surface area contributed by atoms with Crippen molar-refractivity contribution in [3.05, 3.63) is 259 Å². The van der Waals surface area contributed by atoms with Crippen LogP contribution in [0.2, 0.25) is 0 Å². The fourth-order valence-corrected chi connectivity index (χ4v) is 13.9. The van der Waals surface area contributed by atoms with Crippen LogP contribution in [0.4, 0.5) is 17.1 Å². The predicted molar refractivity (Wildman–Crippen MR) is 308 cm³/mol. The van der Waals surface area contributed by atoms with Crippen LogP contribution in [0.5, 0.6) is 0 Å². The number of hydrogen-bond donors (Lipinski definition) is 0. The second-order valence-electron chi connectivity index (χ2n) is 20.8. The van der Waals surface area contributed by atoms with Gasteiger partial charge >= 0.3 is 0 Å². The highest BCUT2D eigenvalue weighted by Gasteiger charge is 2.38. The molecule has 0 bridgehead atoms. The van der Waals surface area contributed by atoms with Crippen molar-refractivity contribution in [1.82, 2.24) is 0 Å². The van der Waals surface area contributed by atoms with Gasteiger partial charge in [0, 0.05) is 47.9 Å². The van der Waals surface area contributed by atoms with Gasteiger partial charge in [0.15, 0.2) is 0 Å². The van der Waals surface area contributed by atoms with Crippen LogP contribution in [-0.2, 0) is 10.8 Å². The van der Waals surface area contributed by atoms with E-state index in [4.69, 9.17) is 0 Å². The van der Waals surface area contributed by atoms with Crippen LogP contribution in [0, 0.1) is 0 Å². The summed E-state index contributed by atoms with van der Waals surface area (Å²) in [6, 6.07) is 88.4. The van der Waals surface area contributed by atoms with E-state index < -0.39 is 0 Å². The summed E-state index contributed by atoms with van der Waals surface area (Å²) in [7, 11) is 0. The molecule has 72 heavy (non-hydrogen) atoms. The number of hydrogen-bond acceptors (Lipinski definition) is 2. The van der Waals surface area contributed by atoms with E-state index in [0.717, 1.165) is 17.1 Å². The van der Waals surface area contributed by atoms with Crippen LogP contribution in [0.3, 0.4) is 0 Å². The molecule has 0 atom stereocenters. The van der Waals surface area contributed by atoms with E-state index in [9.17, 15) is 0 Å². The van der Waals surface area contributed by atoms with Gasteiger partial charge in [-0.15, -0.1) is 11.3 Å². The van der Waals surface area contributed by atoms with Crippen LogP contribution in [0.25, 0.3) is 97.7 Å². The second kappa shape index (κ2) is 16.1. The van der Waals surface area contributed by atoms with Crippen LogP contribution < -0.4 is 4.90 Å². The number of benzene rings is 11. The van der Waals surface area contributed by atoms with Gasteiger partial charge in [-0.2, -0.15) is 0 Å². The Morgan fingerprint density at radius 1 is 0.333 bits per heavy atom.